The van der Waals surface area contributed by atoms with Crippen LogP contribution in [-0.2, 0) is 0 Å². The van der Waals surface area contributed by atoms with Crippen LogP contribution in [0.2, 0.25) is 5.02 Å². The van der Waals surface area contributed by atoms with Crippen molar-refractivity contribution < 1.29 is 5.11 Å². The standard InChI is InChI=1S/C22H32ClNO/c1-3-5-7-14-24(15-8-6-4-2)17-22(25)21-11-9-10-18-16-19(23)12-13-20(18)21/h9-13,16,22,25H,3-8,14-15,17H2,1-2H3. The van der Waals surface area contributed by atoms with Gasteiger partial charge in [0.25, 0.3) is 0 Å². The lowest BCUT2D eigenvalue weighted by molar-refractivity contribution is 0.111. The first-order valence-corrected chi connectivity index (χ1v) is 10.1. The average Bonchev–Trinajstić information content (AvgIpc) is 2.61. The van der Waals surface area contributed by atoms with Crippen LogP contribution in [-0.4, -0.2) is 29.6 Å². The van der Waals surface area contributed by atoms with E-state index in [2.05, 4.69) is 24.8 Å². The van der Waals surface area contributed by atoms with Crippen molar-refractivity contribution >= 4 is 22.4 Å². The zero-order valence-electron chi connectivity index (χ0n) is 15.7. The molecule has 0 bridgehead atoms. The van der Waals surface area contributed by atoms with E-state index in [1.165, 1.54) is 38.5 Å². The van der Waals surface area contributed by atoms with Crippen molar-refractivity contribution in [1.82, 2.24) is 4.90 Å². The molecule has 138 valence electrons. The molecule has 0 aromatic heterocycles. The van der Waals surface area contributed by atoms with Crippen LogP contribution in [0.3, 0.4) is 0 Å². The lowest BCUT2D eigenvalue weighted by Gasteiger charge is -2.26. The lowest BCUT2D eigenvalue weighted by atomic mass is 10.00. The fourth-order valence-electron chi connectivity index (χ4n) is 3.38. The van der Waals surface area contributed by atoms with Gasteiger partial charge >= 0.3 is 0 Å². The molecule has 0 aliphatic rings. The molecule has 1 unspecified atom stereocenters. The van der Waals surface area contributed by atoms with Crippen molar-refractivity contribution in [2.75, 3.05) is 19.6 Å². The van der Waals surface area contributed by atoms with Crippen molar-refractivity contribution in [3.05, 3.63) is 47.0 Å². The highest BCUT2D eigenvalue weighted by molar-refractivity contribution is 6.31. The molecule has 0 saturated carbocycles. The van der Waals surface area contributed by atoms with E-state index in [9.17, 15) is 5.11 Å². The summed E-state index contributed by atoms with van der Waals surface area (Å²) < 4.78 is 0. The van der Waals surface area contributed by atoms with Crippen LogP contribution in [0.25, 0.3) is 10.8 Å². The van der Waals surface area contributed by atoms with Gasteiger partial charge in [0.15, 0.2) is 0 Å². The molecule has 1 atom stereocenters. The van der Waals surface area contributed by atoms with Gasteiger partial charge in [0, 0.05) is 11.6 Å². The summed E-state index contributed by atoms with van der Waals surface area (Å²) in [5, 5.41) is 13.8. The maximum Gasteiger partial charge on any atom is 0.0922 e. The lowest BCUT2D eigenvalue weighted by Crippen LogP contribution is -2.31. The number of halogens is 1. The fourth-order valence-corrected chi connectivity index (χ4v) is 3.56. The fraction of sp³-hybridized carbons (Fsp3) is 0.545. The first-order chi connectivity index (χ1) is 12.2. The molecule has 0 aliphatic heterocycles. The Morgan fingerprint density at radius 2 is 1.64 bits per heavy atom. The molecular formula is C22H32ClNO. The molecule has 3 heteroatoms. The van der Waals surface area contributed by atoms with Crippen molar-refractivity contribution in [2.24, 2.45) is 0 Å². The molecule has 25 heavy (non-hydrogen) atoms. The summed E-state index contributed by atoms with van der Waals surface area (Å²) in [6.45, 7) is 7.32. The van der Waals surface area contributed by atoms with E-state index in [1.807, 2.05) is 30.3 Å². The number of benzene rings is 2. The first kappa shape index (κ1) is 20.2. The van der Waals surface area contributed by atoms with Gasteiger partial charge in [-0.2, -0.15) is 0 Å². The van der Waals surface area contributed by atoms with E-state index in [0.717, 1.165) is 34.4 Å². The Labute approximate surface area is 157 Å². The third kappa shape index (κ3) is 6.29. The molecule has 0 radical (unpaired) electrons. The summed E-state index contributed by atoms with van der Waals surface area (Å²) in [4.78, 5) is 2.44. The summed E-state index contributed by atoms with van der Waals surface area (Å²) in [6, 6.07) is 12.0. The maximum atomic E-state index is 10.9. The highest BCUT2D eigenvalue weighted by Gasteiger charge is 2.15. The summed E-state index contributed by atoms with van der Waals surface area (Å²) in [5.41, 5.74) is 1.00. The topological polar surface area (TPSA) is 23.5 Å². The largest absolute Gasteiger partial charge is 0.387 e. The number of fused-ring (bicyclic) bond motifs is 1. The molecule has 1 N–H and O–H groups in total. The van der Waals surface area contributed by atoms with Crippen molar-refractivity contribution in [3.8, 4) is 0 Å². The van der Waals surface area contributed by atoms with Gasteiger partial charge in [-0.25, -0.2) is 0 Å². The van der Waals surface area contributed by atoms with Gasteiger partial charge in [0.2, 0.25) is 0 Å². The predicted octanol–water partition coefficient (Wildman–Crippen LogP) is 6.21. The number of aliphatic hydroxyl groups is 1. The third-order valence-electron chi connectivity index (χ3n) is 4.82. The number of rotatable bonds is 11. The maximum absolute atomic E-state index is 10.9. The number of aliphatic hydroxyl groups excluding tert-OH is 1. The number of hydrogen-bond donors (Lipinski definition) is 1. The molecule has 2 rings (SSSR count). The Balaban J connectivity index is 2.09. The van der Waals surface area contributed by atoms with Crippen LogP contribution in [0.1, 0.15) is 64.0 Å². The summed E-state index contributed by atoms with van der Waals surface area (Å²) >= 11 is 6.11. The van der Waals surface area contributed by atoms with Crippen LogP contribution < -0.4 is 0 Å². The molecule has 2 aromatic rings. The van der Waals surface area contributed by atoms with E-state index in [0.29, 0.717) is 6.54 Å². The smallest absolute Gasteiger partial charge is 0.0922 e. The van der Waals surface area contributed by atoms with Crippen LogP contribution in [0.5, 0.6) is 0 Å². The van der Waals surface area contributed by atoms with E-state index in [-0.39, 0.29) is 0 Å². The molecule has 0 heterocycles. The minimum atomic E-state index is -0.465. The van der Waals surface area contributed by atoms with Gasteiger partial charge in [0.05, 0.1) is 6.10 Å². The van der Waals surface area contributed by atoms with Gasteiger partial charge in [-0.1, -0.05) is 75.4 Å². The SMILES string of the molecule is CCCCCN(CCCCC)CC(O)c1cccc2cc(Cl)ccc12. The molecule has 0 amide bonds. The second-order valence-electron chi connectivity index (χ2n) is 6.94. The Morgan fingerprint density at radius 3 is 2.28 bits per heavy atom. The van der Waals surface area contributed by atoms with Gasteiger partial charge in [-0.05, 0) is 54.4 Å². The van der Waals surface area contributed by atoms with E-state index in [1.54, 1.807) is 0 Å². The molecule has 0 spiro atoms. The summed E-state index contributed by atoms with van der Waals surface area (Å²) in [7, 11) is 0. The van der Waals surface area contributed by atoms with Crippen LogP contribution in [0, 0.1) is 0 Å². The Morgan fingerprint density at radius 1 is 0.960 bits per heavy atom. The number of nitrogens with zero attached hydrogens (tertiary/aromatic N) is 1. The van der Waals surface area contributed by atoms with Gasteiger partial charge in [-0.15, -0.1) is 0 Å². The highest BCUT2D eigenvalue weighted by Crippen LogP contribution is 2.27. The quantitative estimate of drug-likeness (QED) is 0.481. The zero-order valence-corrected chi connectivity index (χ0v) is 16.4. The summed E-state index contributed by atoms with van der Waals surface area (Å²) in [5.74, 6) is 0. The number of hydrogen-bond acceptors (Lipinski definition) is 2. The normalized spacial score (nSPS) is 12.8. The minimum Gasteiger partial charge on any atom is -0.387 e. The molecular weight excluding hydrogens is 330 g/mol. The monoisotopic (exact) mass is 361 g/mol. The second-order valence-corrected chi connectivity index (χ2v) is 7.38. The summed E-state index contributed by atoms with van der Waals surface area (Å²) in [6.07, 6.45) is 6.93. The van der Waals surface area contributed by atoms with E-state index >= 15 is 0 Å². The van der Waals surface area contributed by atoms with E-state index < -0.39 is 6.10 Å². The van der Waals surface area contributed by atoms with E-state index in [4.69, 9.17) is 11.6 Å². The first-order valence-electron chi connectivity index (χ1n) is 9.74. The predicted molar refractivity (Wildman–Crippen MR) is 109 cm³/mol. The van der Waals surface area contributed by atoms with Crippen LogP contribution in [0.4, 0.5) is 0 Å². The van der Waals surface area contributed by atoms with Gasteiger partial charge in [0.1, 0.15) is 0 Å². The van der Waals surface area contributed by atoms with Crippen molar-refractivity contribution in [3.63, 3.8) is 0 Å². The van der Waals surface area contributed by atoms with Crippen molar-refractivity contribution in [2.45, 2.75) is 58.5 Å². The molecule has 0 fully saturated rings. The molecule has 2 aromatic carbocycles. The second kappa shape index (κ2) is 10.8. The Kier molecular flexibility index (Phi) is 8.74. The Bertz CT molecular complexity index is 633. The van der Waals surface area contributed by atoms with Crippen LogP contribution >= 0.6 is 11.6 Å². The van der Waals surface area contributed by atoms with Crippen LogP contribution in [0.15, 0.2) is 36.4 Å². The zero-order chi connectivity index (χ0) is 18.1. The average molecular weight is 362 g/mol. The van der Waals surface area contributed by atoms with Gasteiger partial charge in [-0.3, -0.25) is 0 Å². The molecule has 0 saturated heterocycles. The third-order valence-corrected chi connectivity index (χ3v) is 5.06. The van der Waals surface area contributed by atoms with Crippen molar-refractivity contribution in [1.29, 1.82) is 0 Å². The molecule has 0 aliphatic carbocycles. The highest BCUT2D eigenvalue weighted by atomic mass is 35.5. The minimum absolute atomic E-state index is 0.465. The van der Waals surface area contributed by atoms with Gasteiger partial charge < -0.3 is 10.0 Å². The Hall–Kier alpha value is -1.09. The molecule has 2 nitrogen and oxygen atoms in total. The number of unbranched alkanes of at least 4 members (excludes halogenated alkanes) is 4.